The number of methoxy groups -OCH3 is 1. The Hall–Kier alpha value is -3.08. The van der Waals surface area contributed by atoms with E-state index in [1.807, 2.05) is 31.2 Å². The van der Waals surface area contributed by atoms with Crippen LogP contribution in [0.5, 0.6) is 5.88 Å². The lowest BCUT2D eigenvalue weighted by molar-refractivity contribution is -0.109. The van der Waals surface area contributed by atoms with Gasteiger partial charge in [-0.3, -0.25) is 4.79 Å². The van der Waals surface area contributed by atoms with Crippen LogP contribution in [-0.2, 0) is 16.1 Å². The highest BCUT2D eigenvalue weighted by Crippen LogP contribution is 2.35. The number of benzene rings is 1. The second-order valence-corrected chi connectivity index (χ2v) is 6.18. The van der Waals surface area contributed by atoms with Crippen LogP contribution >= 0.6 is 0 Å². The van der Waals surface area contributed by atoms with Gasteiger partial charge in [0.15, 0.2) is 11.7 Å². The van der Waals surface area contributed by atoms with Crippen molar-refractivity contribution in [3.05, 3.63) is 58.3 Å². The molecule has 0 aliphatic heterocycles. The van der Waals surface area contributed by atoms with Crippen molar-refractivity contribution in [2.45, 2.75) is 26.8 Å². The highest BCUT2D eigenvalue weighted by atomic mass is 16.5. The first-order chi connectivity index (χ1) is 12.5. The molecule has 0 saturated heterocycles. The summed E-state index contributed by atoms with van der Waals surface area (Å²) in [6, 6.07) is 7.53. The number of aromatic hydroxyl groups is 1. The first-order valence-corrected chi connectivity index (χ1v) is 8.53. The summed E-state index contributed by atoms with van der Waals surface area (Å²) in [7, 11) is 1.30. The molecule has 0 unspecified atom stereocenters. The van der Waals surface area contributed by atoms with Gasteiger partial charge < -0.3 is 14.4 Å². The number of aromatic nitrogens is 1. The zero-order chi connectivity index (χ0) is 18.8. The molecule has 1 heterocycles. The standard InChI is InChI=1S/C21H21NO4/c1-4-11-22-13(2)19(21(25)26-3)17(20(22)24)12-16-15-8-6-5-7-14(15)9-10-18(16)23/h5-10,12,24H,4,11H2,1-3H3. The predicted octanol–water partition coefficient (Wildman–Crippen LogP) is 3.84. The summed E-state index contributed by atoms with van der Waals surface area (Å²) >= 11 is 0. The lowest BCUT2D eigenvalue weighted by atomic mass is 9.90. The molecule has 0 spiro atoms. The summed E-state index contributed by atoms with van der Waals surface area (Å²) in [4.78, 5) is 24.8. The first kappa shape index (κ1) is 17.7. The van der Waals surface area contributed by atoms with Gasteiger partial charge in [0.2, 0.25) is 0 Å². The van der Waals surface area contributed by atoms with Gasteiger partial charge in [0.1, 0.15) is 0 Å². The fourth-order valence-corrected chi connectivity index (χ4v) is 3.31. The molecule has 5 nitrogen and oxygen atoms in total. The Morgan fingerprint density at radius 1 is 1.27 bits per heavy atom. The van der Waals surface area contributed by atoms with E-state index in [0.29, 0.717) is 23.4 Å². The topological polar surface area (TPSA) is 68.5 Å². The average Bonchev–Trinajstić information content (AvgIpc) is 2.88. The van der Waals surface area contributed by atoms with Crippen LogP contribution in [0.25, 0.3) is 17.7 Å². The van der Waals surface area contributed by atoms with Gasteiger partial charge in [-0.15, -0.1) is 0 Å². The van der Waals surface area contributed by atoms with E-state index in [1.54, 1.807) is 23.6 Å². The average molecular weight is 351 g/mol. The number of carbonyl (C=O) groups is 2. The van der Waals surface area contributed by atoms with Crippen LogP contribution in [0.2, 0.25) is 0 Å². The number of nitrogens with zero attached hydrogens (tertiary/aromatic N) is 1. The minimum atomic E-state index is -0.536. The Labute approximate surface area is 152 Å². The summed E-state index contributed by atoms with van der Waals surface area (Å²) in [5, 5.41) is 10.7. The molecule has 0 bridgehead atoms. The number of rotatable bonds is 4. The second-order valence-electron chi connectivity index (χ2n) is 6.18. The number of hydrogen-bond acceptors (Lipinski definition) is 4. The van der Waals surface area contributed by atoms with E-state index >= 15 is 0 Å². The van der Waals surface area contributed by atoms with Gasteiger partial charge >= 0.3 is 5.97 Å². The van der Waals surface area contributed by atoms with Gasteiger partial charge in [-0.25, -0.2) is 4.79 Å². The van der Waals surface area contributed by atoms with Gasteiger partial charge in [-0.1, -0.05) is 37.3 Å². The molecule has 0 atom stereocenters. The molecule has 134 valence electrons. The highest BCUT2D eigenvalue weighted by Gasteiger charge is 2.26. The smallest absolute Gasteiger partial charge is 0.340 e. The van der Waals surface area contributed by atoms with E-state index in [2.05, 4.69) is 0 Å². The molecule has 0 amide bonds. The van der Waals surface area contributed by atoms with E-state index in [4.69, 9.17) is 4.74 Å². The molecule has 3 rings (SSSR count). The van der Waals surface area contributed by atoms with Crippen molar-refractivity contribution < 1.29 is 19.4 Å². The fourth-order valence-electron chi connectivity index (χ4n) is 3.31. The van der Waals surface area contributed by atoms with E-state index < -0.39 is 5.97 Å². The number of esters is 1. The zero-order valence-corrected chi connectivity index (χ0v) is 15.1. The molecule has 1 aliphatic carbocycles. The van der Waals surface area contributed by atoms with Crippen LogP contribution in [0.1, 0.15) is 46.1 Å². The fraction of sp³-hybridized carbons (Fsp3) is 0.238. The molecule has 0 fully saturated rings. The summed E-state index contributed by atoms with van der Waals surface area (Å²) in [5.41, 5.74) is 3.35. The maximum atomic E-state index is 12.5. The van der Waals surface area contributed by atoms with Crippen LogP contribution in [0.3, 0.4) is 0 Å². The maximum absolute atomic E-state index is 12.5. The summed E-state index contributed by atoms with van der Waals surface area (Å²) in [6.07, 6.45) is 5.65. The van der Waals surface area contributed by atoms with Crippen LogP contribution < -0.4 is 0 Å². The van der Waals surface area contributed by atoms with Crippen LogP contribution in [0.4, 0.5) is 0 Å². The molecular weight excluding hydrogens is 330 g/mol. The van der Waals surface area contributed by atoms with Gasteiger partial charge in [0, 0.05) is 17.8 Å². The number of fused-ring (bicyclic) bond motifs is 1. The molecule has 26 heavy (non-hydrogen) atoms. The SMILES string of the molecule is CCCn1c(C)c(C(=O)OC)c(C=C2C(=O)C=Cc3ccccc32)c1O. The Morgan fingerprint density at radius 3 is 2.69 bits per heavy atom. The lowest BCUT2D eigenvalue weighted by Crippen LogP contribution is -2.07. The number of hydrogen-bond donors (Lipinski definition) is 1. The number of ketones is 1. The molecule has 1 aromatic heterocycles. The normalized spacial score (nSPS) is 14.6. The maximum Gasteiger partial charge on any atom is 0.340 e. The second kappa shape index (κ2) is 7.04. The van der Waals surface area contributed by atoms with Crippen LogP contribution in [0, 0.1) is 6.92 Å². The van der Waals surface area contributed by atoms with Crippen LogP contribution in [0.15, 0.2) is 30.3 Å². The summed E-state index contributed by atoms with van der Waals surface area (Å²) < 4.78 is 6.57. The highest BCUT2D eigenvalue weighted by molar-refractivity contribution is 6.33. The molecule has 0 radical (unpaired) electrons. The zero-order valence-electron chi connectivity index (χ0n) is 15.1. The molecule has 0 saturated carbocycles. The Kier molecular flexibility index (Phi) is 4.80. The van der Waals surface area contributed by atoms with E-state index in [1.165, 1.54) is 13.2 Å². The van der Waals surface area contributed by atoms with Gasteiger partial charge in [0.25, 0.3) is 0 Å². The molecule has 5 heteroatoms. The Bertz CT molecular complexity index is 947. The monoisotopic (exact) mass is 351 g/mol. The minimum absolute atomic E-state index is 0.0305. The van der Waals surface area contributed by atoms with Crippen molar-refractivity contribution >= 4 is 29.5 Å². The van der Waals surface area contributed by atoms with Crippen molar-refractivity contribution in [1.82, 2.24) is 4.57 Å². The van der Waals surface area contributed by atoms with Gasteiger partial charge in [-0.2, -0.15) is 0 Å². The Balaban J connectivity index is 2.25. The summed E-state index contributed by atoms with van der Waals surface area (Å²) in [5.74, 6) is -0.733. The summed E-state index contributed by atoms with van der Waals surface area (Å²) in [6.45, 7) is 4.32. The number of carbonyl (C=O) groups excluding carboxylic acids is 2. The van der Waals surface area contributed by atoms with E-state index in [-0.39, 0.29) is 17.2 Å². The lowest BCUT2D eigenvalue weighted by Gasteiger charge is -2.13. The quantitative estimate of drug-likeness (QED) is 0.671. The molecular formula is C21H21NO4. The Morgan fingerprint density at radius 2 is 2.00 bits per heavy atom. The van der Waals surface area contributed by atoms with Crippen molar-refractivity contribution in [3.8, 4) is 5.88 Å². The third-order valence-electron chi connectivity index (χ3n) is 4.59. The minimum Gasteiger partial charge on any atom is -0.494 e. The molecule has 1 N–H and O–H groups in total. The van der Waals surface area contributed by atoms with Crippen molar-refractivity contribution in [1.29, 1.82) is 0 Å². The predicted molar refractivity (Wildman–Crippen MR) is 101 cm³/mol. The van der Waals surface area contributed by atoms with Crippen molar-refractivity contribution in [3.63, 3.8) is 0 Å². The van der Waals surface area contributed by atoms with Crippen LogP contribution in [-0.4, -0.2) is 28.5 Å². The van der Waals surface area contributed by atoms with E-state index in [9.17, 15) is 14.7 Å². The molecule has 1 aromatic carbocycles. The third-order valence-corrected chi connectivity index (χ3v) is 4.59. The first-order valence-electron chi connectivity index (χ1n) is 8.53. The van der Waals surface area contributed by atoms with E-state index in [0.717, 1.165) is 17.5 Å². The van der Waals surface area contributed by atoms with Gasteiger partial charge in [-0.05, 0) is 36.6 Å². The third kappa shape index (κ3) is 2.86. The molecule has 1 aliphatic rings. The van der Waals surface area contributed by atoms with Crippen molar-refractivity contribution in [2.75, 3.05) is 7.11 Å². The number of ether oxygens (including phenoxy) is 1. The largest absolute Gasteiger partial charge is 0.494 e. The van der Waals surface area contributed by atoms with Crippen molar-refractivity contribution in [2.24, 2.45) is 0 Å². The number of allylic oxidation sites excluding steroid dienone is 2. The van der Waals surface area contributed by atoms with Gasteiger partial charge in [0.05, 0.1) is 18.2 Å². The molecule has 2 aromatic rings.